The molecule has 1 aromatic heterocycles. The number of halogens is 4. The first-order valence-corrected chi connectivity index (χ1v) is 6.43. The van der Waals surface area contributed by atoms with Gasteiger partial charge in [-0.3, -0.25) is 0 Å². The van der Waals surface area contributed by atoms with Crippen molar-refractivity contribution in [1.82, 2.24) is 9.97 Å². The summed E-state index contributed by atoms with van der Waals surface area (Å²) in [5, 5.41) is 2.78. The predicted octanol–water partition coefficient (Wildman–Crippen LogP) is 4.04. The van der Waals surface area contributed by atoms with E-state index in [4.69, 9.17) is 17.3 Å². The van der Waals surface area contributed by atoms with Crippen LogP contribution in [0.5, 0.6) is 0 Å². The lowest BCUT2D eigenvalue weighted by molar-refractivity contribution is -0.137. The Hall–Kier alpha value is -2.02. The Morgan fingerprint density at radius 1 is 1.24 bits per heavy atom. The van der Waals surface area contributed by atoms with Crippen molar-refractivity contribution in [1.29, 1.82) is 0 Å². The Balaban J connectivity index is 2.41. The van der Waals surface area contributed by atoms with Gasteiger partial charge in [0.05, 0.1) is 5.56 Å². The van der Waals surface area contributed by atoms with Gasteiger partial charge in [-0.15, -0.1) is 0 Å². The number of nitrogens with zero attached hydrogens (tertiary/aromatic N) is 2. The molecule has 0 bridgehead atoms. The van der Waals surface area contributed by atoms with Crippen LogP contribution in [0.4, 0.5) is 30.5 Å². The van der Waals surface area contributed by atoms with Crippen LogP contribution in [0.3, 0.4) is 0 Å². The van der Waals surface area contributed by atoms with Gasteiger partial charge in [0, 0.05) is 16.3 Å². The van der Waals surface area contributed by atoms with Crippen molar-refractivity contribution in [2.45, 2.75) is 19.5 Å². The molecule has 112 valence electrons. The van der Waals surface area contributed by atoms with Gasteiger partial charge in [0.2, 0.25) is 0 Å². The maximum Gasteiger partial charge on any atom is 0.416 e. The zero-order chi connectivity index (χ0) is 15.6. The van der Waals surface area contributed by atoms with E-state index >= 15 is 0 Å². The van der Waals surface area contributed by atoms with E-state index in [1.165, 1.54) is 12.4 Å². The van der Waals surface area contributed by atoms with Crippen LogP contribution in [0.2, 0.25) is 5.02 Å². The normalized spacial score (nSPS) is 11.5. The molecule has 0 saturated heterocycles. The second kappa shape index (κ2) is 5.77. The van der Waals surface area contributed by atoms with Crippen molar-refractivity contribution in [2.24, 2.45) is 0 Å². The monoisotopic (exact) mass is 316 g/mol. The highest BCUT2D eigenvalue weighted by Crippen LogP contribution is 2.34. The zero-order valence-corrected chi connectivity index (χ0v) is 11.8. The standard InChI is InChI=1S/C13H12ClF3N4/c1-2-10-11(18)19-6-20-12(10)21-9-4-7(13(15,16)17)3-8(14)5-9/h3-6H,2H2,1H3,(H3,18,19,20,21). The molecule has 0 saturated carbocycles. The van der Waals surface area contributed by atoms with E-state index in [1.54, 1.807) is 0 Å². The zero-order valence-electron chi connectivity index (χ0n) is 11.0. The quantitative estimate of drug-likeness (QED) is 0.897. The second-order valence-corrected chi connectivity index (χ2v) is 4.73. The lowest BCUT2D eigenvalue weighted by Crippen LogP contribution is -2.07. The molecule has 0 aliphatic rings. The van der Waals surface area contributed by atoms with Gasteiger partial charge in [0.15, 0.2) is 0 Å². The van der Waals surface area contributed by atoms with E-state index in [-0.39, 0.29) is 16.5 Å². The minimum Gasteiger partial charge on any atom is -0.383 e. The fourth-order valence-electron chi connectivity index (χ4n) is 1.84. The van der Waals surface area contributed by atoms with Crippen LogP contribution in [0.1, 0.15) is 18.1 Å². The van der Waals surface area contributed by atoms with E-state index < -0.39 is 11.7 Å². The maximum atomic E-state index is 12.8. The topological polar surface area (TPSA) is 63.8 Å². The molecule has 21 heavy (non-hydrogen) atoms. The van der Waals surface area contributed by atoms with Crippen molar-refractivity contribution < 1.29 is 13.2 Å². The smallest absolute Gasteiger partial charge is 0.383 e. The molecule has 0 aliphatic carbocycles. The first kappa shape index (κ1) is 15.4. The third-order valence-corrected chi connectivity index (χ3v) is 3.04. The molecule has 3 N–H and O–H groups in total. The molecule has 0 spiro atoms. The number of nitrogens with two attached hydrogens (primary N) is 1. The third kappa shape index (κ3) is 3.55. The molecule has 4 nitrogen and oxygen atoms in total. The lowest BCUT2D eigenvalue weighted by Gasteiger charge is -2.13. The Morgan fingerprint density at radius 3 is 2.57 bits per heavy atom. The molecule has 8 heteroatoms. The lowest BCUT2D eigenvalue weighted by atomic mass is 10.1. The van der Waals surface area contributed by atoms with Crippen LogP contribution in [0, 0.1) is 0 Å². The Morgan fingerprint density at radius 2 is 1.95 bits per heavy atom. The summed E-state index contributed by atoms with van der Waals surface area (Å²) in [6.07, 6.45) is -2.69. The summed E-state index contributed by atoms with van der Waals surface area (Å²) in [7, 11) is 0. The van der Waals surface area contributed by atoms with Gasteiger partial charge < -0.3 is 11.1 Å². The van der Waals surface area contributed by atoms with Crippen molar-refractivity contribution in [3.63, 3.8) is 0 Å². The fraction of sp³-hybridized carbons (Fsp3) is 0.231. The SMILES string of the molecule is CCc1c(N)ncnc1Nc1cc(Cl)cc(C(F)(F)F)c1. The number of benzene rings is 1. The number of hydrogen-bond acceptors (Lipinski definition) is 4. The molecule has 2 aromatic rings. The number of aromatic nitrogens is 2. The van der Waals surface area contributed by atoms with E-state index in [1.807, 2.05) is 6.92 Å². The summed E-state index contributed by atoms with van der Waals surface area (Å²) in [5.41, 5.74) is 5.70. The van der Waals surface area contributed by atoms with Crippen molar-refractivity contribution >= 4 is 28.9 Å². The summed E-state index contributed by atoms with van der Waals surface area (Å²) in [6.45, 7) is 1.85. The molecule has 0 aliphatic heterocycles. The number of rotatable bonds is 3. The molecule has 2 rings (SSSR count). The van der Waals surface area contributed by atoms with Gasteiger partial charge in [-0.25, -0.2) is 9.97 Å². The number of anilines is 3. The van der Waals surface area contributed by atoms with E-state index in [9.17, 15) is 13.2 Å². The molecule has 0 unspecified atom stereocenters. The molecular formula is C13H12ClF3N4. The summed E-state index contributed by atoms with van der Waals surface area (Å²) < 4.78 is 38.3. The molecule has 0 fully saturated rings. The Labute approximate surface area is 124 Å². The summed E-state index contributed by atoms with van der Waals surface area (Å²) >= 11 is 5.73. The maximum absolute atomic E-state index is 12.8. The van der Waals surface area contributed by atoms with Gasteiger partial charge in [-0.2, -0.15) is 13.2 Å². The third-order valence-electron chi connectivity index (χ3n) is 2.82. The van der Waals surface area contributed by atoms with Gasteiger partial charge in [0.1, 0.15) is 18.0 Å². The average molecular weight is 317 g/mol. The minimum atomic E-state index is -4.47. The van der Waals surface area contributed by atoms with Crippen LogP contribution in [-0.2, 0) is 12.6 Å². The molecular weight excluding hydrogens is 305 g/mol. The largest absolute Gasteiger partial charge is 0.416 e. The summed E-state index contributed by atoms with van der Waals surface area (Å²) in [5.74, 6) is 0.647. The van der Waals surface area contributed by atoms with Crippen LogP contribution in [0.25, 0.3) is 0 Å². The number of nitrogens with one attached hydrogen (secondary N) is 1. The van der Waals surface area contributed by atoms with Crippen LogP contribution in [-0.4, -0.2) is 9.97 Å². The van der Waals surface area contributed by atoms with Crippen LogP contribution < -0.4 is 11.1 Å². The van der Waals surface area contributed by atoms with Crippen molar-refractivity contribution in [3.05, 3.63) is 40.7 Å². The average Bonchev–Trinajstić information content (AvgIpc) is 2.37. The highest BCUT2D eigenvalue weighted by molar-refractivity contribution is 6.31. The predicted molar refractivity (Wildman–Crippen MR) is 75.6 cm³/mol. The second-order valence-electron chi connectivity index (χ2n) is 4.29. The fourth-order valence-corrected chi connectivity index (χ4v) is 2.08. The summed E-state index contributed by atoms with van der Waals surface area (Å²) in [6, 6.07) is 3.21. The van der Waals surface area contributed by atoms with Crippen molar-refractivity contribution in [3.8, 4) is 0 Å². The molecule has 1 aromatic carbocycles. The first-order chi connectivity index (χ1) is 9.81. The van der Waals surface area contributed by atoms with Crippen molar-refractivity contribution in [2.75, 3.05) is 11.1 Å². The Kier molecular flexibility index (Phi) is 4.22. The minimum absolute atomic E-state index is 0.0209. The number of hydrogen-bond donors (Lipinski definition) is 2. The van der Waals surface area contributed by atoms with Gasteiger partial charge in [-0.05, 0) is 24.6 Å². The van der Waals surface area contributed by atoms with Gasteiger partial charge >= 0.3 is 6.18 Å². The van der Waals surface area contributed by atoms with Crippen LogP contribution >= 0.6 is 11.6 Å². The van der Waals surface area contributed by atoms with Gasteiger partial charge in [0.25, 0.3) is 0 Å². The highest BCUT2D eigenvalue weighted by atomic mass is 35.5. The molecule has 1 heterocycles. The van der Waals surface area contributed by atoms with Gasteiger partial charge in [-0.1, -0.05) is 18.5 Å². The molecule has 0 amide bonds. The van der Waals surface area contributed by atoms with E-state index in [2.05, 4.69) is 15.3 Å². The number of alkyl halides is 3. The highest BCUT2D eigenvalue weighted by Gasteiger charge is 2.31. The first-order valence-electron chi connectivity index (χ1n) is 6.05. The molecule has 0 radical (unpaired) electrons. The van der Waals surface area contributed by atoms with Crippen LogP contribution in [0.15, 0.2) is 24.5 Å². The molecule has 0 atom stereocenters. The number of nitrogen functional groups attached to an aromatic ring is 1. The Bertz CT molecular complexity index is 658. The van der Waals surface area contributed by atoms with E-state index in [0.29, 0.717) is 17.8 Å². The summed E-state index contributed by atoms with van der Waals surface area (Å²) in [4.78, 5) is 7.85. The van der Waals surface area contributed by atoms with E-state index in [0.717, 1.165) is 12.1 Å².